The smallest absolute Gasteiger partial charge is 0.240 e. The van der Waals surface area contributed by atoms with Crippen molar-refractivity contribution in [3.8, 4) is 5.88 Å². The normalized spacial score (nSPS) is 10.4. The summed E-state index contributed by atoms with van der Waals surface area (Å²) in [7, 11) is 0. The fraction of sp³-hybridized carbons (Fsp3) is 0.667. The summed E-state index contributed by atoms with van der Waals surface area (Å²) in [6.45, 7) is 2.89. The Balaban J connectivity index is 2.22. The van der Waals surface area contributed by atoms with E-state index in [1.54, 1.807) is 6.20 Å². The van der Waals surface area contributed by atoms with Gasteiger partial charge in [-0.2, -0.15) is 4.98 Å². The predicted molar refractivity (Wildman–Crippen MR) is 76.4 cm³/mol. The fourth-order valence-corrected chi connectivity index (χ4v) is 1.88. The van der Waals surface area contributed by atoms with Crippen LogP contribution in [0.2, 0.25) is 0 Å². The lowest BCUT2D eigenvalue weighted by molar-refractivity contribution is 0.291. The second-order valence-electron chi connectivity index (χ2n) is 4.11. The van der Waals surface area contributed by atoms with Gasteiger partial charge < -0.3 is 4.74 Å². The standard InChI is InChI=1S/C12H21BrN4O/c1-2-3-4-5-6-7-8-18-11-10(13)9-15-12(16-11)17-14/h9H,2-8,14H2,1H3,(H,15,16,17). The lowest BCUT2D eigenvalue weighted by Gasteiger charge is -2.08. The van der Waals surface area contributed by atoms with E-state index in [0.717, 1.165) is 10.9 Å². The lowest BCUT2D eigenvalue weighted by atomic mass is 10.1. The van der Waals surface area contributed by atoms with Crippen LogP contribution in [0.15, 0.2) is 10.7 Å². The molecule has 0 atom stereocenters. The van der Waals surface area contributed by atoms with Gasteiger partial charge >= 0.3 is 0 Å². The Morgan fingerprint density at radius 2 is 2.00 bits per heavy atom. The lowest BCUT2D eigenvalue weighted by Crippen LogP contribution is -2.11. The van der Waals surface area contributed by atoms with Gasteiger partial charge in [0.25, 0.3) is 0 Å². The average molecular weight is 317 g/mol. The summed E-state index contributed by atoms with van der Waals surface area (Å²) >= 11 is 3.34. The van der Waals surface area contributed by atoms with Crippen molar-refractivity contribution in [2.45, 2.75) is 45.4 Å². The van der Waals surface area contributed by atoms with Gasteiger partial charge in [-0.05, 0) is 22.4 Å². The predicted octanol–water partition coefficient (Wildman–Crippen LogP) is 3.26. The summed E-state index contributed by atoms with van der Waals surface area (Å²) < 4.78 is 6.34. The molecule has 0 amide bonds. The number of unbranched alkanes of at least 4 members (excludes halogenated alkanes) is 5. The molecule has 1 rings (SSSR count). The van der Waals surface area contributed by atoms with Gasteiger partial charge in [-0.1, -0.05) is 39.0 Å². The van der Waals surface area contributed by atoms with Crippen LogP contribution in [0.4, 0.5) is 5.95 Å². The molecule has 0 spiro atoms. The third kappa shape index (κ3) is 5.64. The van der Waals surface area contributed by atoms with Gasteiger partial charge in [0.05, 0.1) is 17.3 Å². The minimum atomic E-state index is 0.358. The van der Waals surface area contributed by atoms with Crippen LogP contribution in [-0.2, 0) is 0 Å². The molecular formula is C12H21BrN4O. The first-order valence-corrected chi connectivity index (χ1v) is 7.19. The van der Waals surface area contributed by atoms with E-state index >= 15 is 0 Å². The number of hydrazine groups is 1. The Labute approximate surface area is 117 Å². The number of hydrogen-bond acceptors (Lipinski definition) is 5. The van der Waals surface area contributed by atoms with Crippen LogP contribution in [0.5, 0.6) is 5.88 Å². The highest BCUT2D eigenvalue weighted by molar-refractivity contribution is 9.10. The van der Waals surface area contributed by atoms with E-state index < -0.39 is 0 Å². The third-order valence-corrected chi connectivity index (χ3v) is 3.12. The minimum Gasteiger partial charge on any atom is -0.477 e. The Hall–Kier alpha value is -0.880. The number of anilines is 1. The van der Waals surface area contributed by atoms with E-state index in [1.165, 1.54) is 32.1 Å². The number of nitrogens with two attached hydrogens (primary N) is 1. The van der Waals surface area contributed by atoms with Gasteiger partial charge in [-0.25, -0.2) is 10.8 Å². The summed E-state index contributed by atoms with van der Waals surface area (Å²) in [5.41, 5.74) is 2.40. The highest BCUT2D eigenvalue weighted by atomic mass is 79.9. The van der Waals surface area contributed by atoms with Crippen LogP contribution in [0.3, 0.4) is 0 Å². The topological polar surface area (TPSA) is 73.1 Å². The molecule has 0 bridgehead atoms. The van der Waals surface area contributed by atoms with E-state index in [0.29, 0.717) is 18.4 Å². The van der Waals surface area contributed by atoms with E-state index in [1.807, 2.05) is 0 Å². The molecule has 1 heterocycles. The molecule has 0 saturated carbocycles. The zero-order valence-corrected chi connectivity index (χ0v) is 12.4. The molecule has 18 heavy (non-hydrogen) atoms. The maximum absolute atomic E-state index is 5.59. The molecule has 0 aliphatic heterocycles. The van der Waals surface area contributed by atoms with Crippen LogP contribution in [0.1, 0.15) is 45.4 Å². The second kappa shape index (κ2) is 9.10. The first-order chi connectivity index (χ1) is 8.77. The van der Waals surface area contributed by atoms with Crippen molar-refractivity contribution in [3.63, 3.8) is 0 Å². The van der Waals surface area contributed by atoms with Crippen LogP contribution < -0.4 is 16.0 Å². The number of nitrogens with zero attached hydrogens (tertiary/aromatic N) is 2. The van der Waals surface area contributed by atoms with Crippen molar-refractivity contribution in [1.82, 2.24) is 9.97 Å². The van der Waals surface area contributed by atoms with Crippen LogP contribution in [0.25, 0.3) is 0 Å². The van der Waals surface area contributed by atoms with Gasteiger partial charge in [0.1, 0.15) is 0 Å². The number of ether oxygens (including phenoxy) is 1. The quantitative estimate of drug-likeness (QED) is 0.415. The highest BCUT2D eigenvalue weighted by Crippen LogP contribution is 2.22. The molecule has 5 nitrogen and oxygen atoms in total. The van der Waals surface area contributed by atoms with Crippen molar-refractivity contribution < 1.29 is 4.74 Å². The summed E-state index contributed by atoms with van der Waals surface area (Å²) in [4.78, 5) is 8.08. The van der Waals surface area contributed by atoms with Crippen molar-refractivity contribution >= 4 is 21.9 Å². The van der Waals surface area contributed by atoms with Crippen LogP contribution >= 0.6 is 15.9 Å². The van der Waals surface area contributed by atoms with Gasteiger partial charge in [0, 0.05) is 0 Å². The number of halogens is 1. The number of aromatic nitrogens is 2. The SMILES string of the molecule is CCCCCCCCOc1nc(NN)ncc1Br. The maximum Gasteiger partial charge on any atom is 0.240 e. The summed E-state index contributed by atoms with van der Waals surface area (Å²) in [6.07, 6.45) is 9.06. The highest BCUT2D eigenvalue weighted by Gasteiger charge is 2.05. The molecule has 0 aliphatic rings. The molecule has 102 valence electrons. The second-order valence-corrected chi connectivity index (χ2v) is 4.96. The monoisotopic (exact) mass is 316 g/mol. The average Bonchev–Trinajstić information content (AvgIpc) is 2.39. The zero-order valence-electron chi connectivity index (χ0n) is 10.8. The minimum absolute atomic E-state index is 0.358. The van der Waals surface area contributed by atoms with Gasteiger partial charge in [-0.15, -0.1) is 0 Å². The molecule has 3 N–H and O–H groups in total. The number of rotatable bonds is 9. The Morgan fingerprint density at radius 3 is 2.72 bits per heavy atom. The van der Waals surface area contributed by atoms with Gasteiger partial charge in [0.15, 0.2) is 0 Å². The fourth-order valence-electron chi connectivity index (χ4n) is 1.57. The molecule has 6 heteroatoms. The molecule has 0 aliphatic carbocycles. The molecule has 1 aromatic rings. The molecule has 0 aromatic carbocycles. The molecule has 0 unspecified atom stereocenters. The molecular weight excluding hydrogens is 296 g/mol. The van der Waals surface area contributed by atoms with E-state index in [4.69, 9.17) is 10.6 Å². The van der Waals surface area contributed by atoms with Crippen molar-refractivity contribution in [3.05, 3.63) is 10.7 Å². The third-order valence-electron chi connectivity index (χ3n) is 2.58. The summed E-state index contributed by atoms with van der Waals surface area (Å²) in [6, 6.07) is 0. The Morgan fingerprint density at radius 1 is 1.28 bits per heavy atom. The molecule has 0 fully saturated rings. The number of nitrogens with one attached hydrogen (secondary N) is 1. The zero-order chi connectivity index (χ0) is 13.2. The van der Waals surface area contributed by atoms with E-state index in [9.17, 15) is 0 Å². The number of nitrogen functional groups attached to an aromatic ring is 1. The van der Waals surface area contributed by atoms with Crippen molar-refractivity contribution in [1.29, 1.82) is 0 Å². The first kappa shape index (κ1) is 15.2. The maximum atomic E-state index is 5.59. The molecule has 0 radical (unpaired) electrons. The van der Waals surface area contributed by atoms with Crippen LogP contribution in [0, 0.1) is 0 Å². The van der Waals surface area contributed by atoms with E-state index in [2.05, 4.69) is 38.2 Å². The largest absolute Gasteiger partial charge is 0.477 e. The summed E-state index contributed by atoms with van der Waals surface area (Å²) in [5.74, 6) is 6.14. The Bertz CT molecular complexity index is 349. The summed E-state index contributed by atoms with van der Waals surface area (Å²) in [5, 5.41) is 0. The van der Waals surface area contributed by atoms with Gasteiger partial charge in [0.2, 0.25) is 11.8 Å². The van der Waals surface area contributed by atoms with Crippen molar-refractivity contribution in [2.24, 2.45) is 5.84 Å². The van der Waals surface area contributed by atoms with Gasteiger partial charge in [-0.3, -0.25) is 5.43 Å². The number of hydrogen-bond donors (Lipinski definition) is 2. The van der Waals surface area contributed by atoms with Crippen LogP contribution in [-0.4, -0.2) is 16.6 Å². The molecule has 1 aromatic heterocycles. The Kier molecular flexibility index (Phi) is 7.68. The van der Waals surface area contributed by atoms with Crippen molar-refractivity contribution in [2.75, 3.05) is 12.0 Å². The molecule has 0 saturated heterocycles. The van der Waals surface area contributed by atoms with E-state index in [-0.39, 0.29) is 0 Å². The first-order valence-electron chi connectivity index (χ1n) is 6.40.